The van der Waals surface area contributed by atoms with Gasteiger partial charge in [0.25, 0.3) is 0 Å². The van der Waals surface area contributed by atoms with E-state index in [-0.39, 0.29) is 0 Å². The molecule has 1 aromatic heterocycles. The molecule has 0 unspecified atom stereocenters. The van der Waals surface area contributed by atoms with Gasteiger partial charge in [0, 0.05) is 5.56 Å². The maximum atomic E-state index is 9.75. The molecule has 0 bridgehead atoms. The third kappa shape index (κ3) is 6.85. The van der Waals surface area contributed by atoms with Crippen molar-refractivity contribution >= 4 is 7.25 Å². The van der Waals surface area contributed by atoms with Gasteiger partial charge in [-0.15, -0.1) is 0 Å². The molecule has 0 amide bonds. The molecule has 5 rings (SSSR count). The van der Waals surface area contributed by atoms with E-state index in [4.69, 9.17) is 9.15 Å². The number of hydrogen-bond acceptors (Lipinski definition) is 1. The van der Waals surface area contributed by atoms with E-state index in [9.17, 15) is 17.3 Å². The fourth-order valence-electron chi connectivity index (χ4n) is 3.94. The summed E-state index contributed by atoms with van der Waals surface area (Å²) in [4.78, 5) is 0. The predicted molar refractivity (Wildman–Crippen MR) is 142 cm³/mol. The molecule has 2 nitrogen and oxygen atoms in total. The van der Waals surface area contributed by atoms with Gasteiger partial charge in [-0.3, -0.25) is 0 Å². The standard InChI is InChI=1S/C30H23O2.BF4/c1-31-26-19-17-22(18-20-26)27-21-28(23-11-5-2-6-12-23)32-30(25-15-9-4-10-16-25)29(27)24-13-7-3-8-14-24;2-1(3,4)5/h2-21H,1H3;/q+1;-1. The zero-order valence-corrected chi connectivity index (χ0v) is 20.0. The van der Waals surface area contributed by atoms with Crippen LogP contribution in [0.2, 0.25) is 0 Å². The maximum Gasteiger partial charge on any atom is 0.673 e. The van der Waals surface area contributed by atoms with Gasteiger partial charge in [-0.2, -0.15) is 0 Å². The van der Waals surface area contributed by atoms with E-state index in [1.807, 2.05) is 54.6 Å². The molecule has 186 valence electrons. The van der Waals surface area contributed by atoms with Crippen molar-refractivity contribution in [3.05, 3.63) is 121 Å². The number of hydrogen-bond donors (Lipinski definition) is 0. The zero-order valence-electron chi connectivity index (χ0n) is 20.0. The van der Waals surface area contributed by atoms with Crippen molar-refractivity contribution in [2.24, 2.45) is 0 Å². The van der Waals surface area contributed by atoms with E-state index in [2.05, 4.69) is 66.7 Å². The molecule has 0 saturated heterocycles. The number of rotatable bonds is 5. The quantitative estimate of drug-likeness (QED) is 0.136. The lowest BCUT2D eigenvalue weighted by Crippen LogP contribution is -2.02. The van der Waals surface area contributed by atoms with Crippen molar-refractivity contribution in [3.63, 3.8) is 0 Å². The summed E-state index contributed by atoms with van der Waals surface area (Å²) in [5.41, 5.74) is 6.48. The molecule has 7 heteroatoms. The van der Waals surface area contributed by atoms with Crippen molar-refractivity contribution in [1.29, 1.82) is 0 Å². The van der Waals surface area contributed by atoms with Crippen LogP contribution in [0.3, 0.4) is 0 Å². The van der Waals surface area contributed by atoms with Gasteiger partial charge in [0.1, 0.15) is 5.75 Å². The highest BCUT2D eigenvalue weighted by atomic mass is 19.5. The van der Waals surface area contributed by atoms with Gasteiger partial charge in [-0.1, -0.05) is 78.9 Å². The van der Waals surface area contributed by atoms with E-state index < -0.39 is 7.25 Å². The first-order chi connectivity index (χ1) is 17.8. The molecule has 0 fully saturated rings. The van der Waals surface area contributed by atoms with Crippen LogP contribution in [0, 0.1) is 0 Å². The predicted octanol–water partition coefficient (Wildman–Crippen LogP) is 9.54. The summed E-state index contributed by atoms with van der Waals surface area (Å²) in [6, 6.07) is 41.3. The van der Waals surface area contributed by atoms with Crippen molar-refractivity contribution in [2.45, 2.75) is 0 Å². The minimum atomic E-state index is -6.00. The normalized spacial score (nSPS) is 10.8. The highest BCUT2D eigenvalue weighted by molar-refractivity contribution is 6.50. The summed E-state index contributed by atoms with van der Waals surface area (Å²) < 4.78 is 51.0. The summed E-state index contributed by atoms with van der Waals surface area (Å²) >= 11 is 0. The van der Waals surface area contributed by atoms with Crippen LogP contribution in [-0.4, -0.2) is 14.4 Å². The molecule has 0 saturated carbocycles. The molecule has 0 aliphatic carbocycles. The largest absolute Gasteiger partial charge is 0.673 e. The highest BCUT2D eigenvalue weighted by Gasteiger charge is 2.28. The van der Waals surface area contributed by atoms with Gasteiger partial charge >= 0.3 is 18.8 Å². The Morgan fingerprint density at radius 1 is 0.568 bits per heavy atom. The van der Waals surface area contributed by atoms with Gasteiger partial charge in [0.05, 0.1) is 29.9 Å². The molecular weight excluding hydrogens is 479 g/mol. The lowest BCUT2D eigenvalue weighted by molar-refractivity contribution is 0.368. The van der Waals surface area contributed by atoms with E-state index in [1.54, 1.807) is 7.11 Å². The zero-order chi connectivity index (χ0) is 26.3. The Kier molecular flexibility index (Phi) is 8.03. The summed E-state index contributed by atoms with van der Waals surface area (Å²) in [5, 5.41) is 0. The molecule has 5 aromatic rings. The van der Waals surface area contributed by atoms with Crippen LogP contribution in [0.5, 0.6) is 5.75 Å². The molecule has 37 heavy (non-hydrogen) atoms. The Bertz CT molecular complexity index is 1420. The first-order valence-electron chi connectivity index (χ1n) is 11.5. The van der Waals surface area contributed by atoms with Crippen LogP contribution in [0.1, 0.15) is 0 Å². The molecule has 4 aromatic carbocycles. The van der Waals surface area contributed by atoms with Crippen molar-refractivity contribution in [1.82, 2.24) is 0 Å². The SMILES string of the molecule is COc1ccc(-c2cc(-c3ccccc3)[o+]c(-c3ccccc3)c2-c2ccccc2)cc1.F[B-](F)(F)F. The van der Waals surface area contributed by atoms with Crippen LogP contribution in [0.4, 0.5) is 17.3 Å². The second-order valence-electron chi connectivity index (χ2n) is 8.05. The Labute approximate surface area is 212 Å². The average molecular weight is 502 g/mol. The van der Waals surface area contributed by atoms with Gasteiger partial charge in [0.2, 0.25) is 0 Å². The summed E-state index contributed by atoms with van der Waals surface area (Å²) in [6.45, 7) is 0. The summed E-state index contributed by atoms with van der Waals surface area (Å²) in [6.07, 6.45) is 0. The number of halogens is 4. The van der Waals surface area contributed by atoms with Gasteiger partial charge < -0.3 is 22.0 Å². The van der Waals surface area contributed by atoms with Gasteiger partial charge in [-0.25, -0.2) is 4.42 Å². The van der Waals surface area contributed by atoms with Crippen LogP contribution < -0.4 is 4.74 Å². The van der Waals surface area contributed by atoms with Gasteiger partial charge in [0.15, 0.2) is 0 Å². The second-order valence-corrected chi connectivity index (χ2v) is 8.05. The Hall–Kier alpha value is -4.39. The minimum absolute atomic E-state index is 0.829. The minimum Gasteiger partial charge on any atom is -0.497 e. The Morgan fingerprint density at radius 3 is 1.51 bits per heavy atom. The third-order valence-corrected chi connectivity index (χ3v) is 5.54. The third-order valence-electron chi connectivity index (χ3n) is 5.54. The average Bonchev–Trinajstić information content (AvgIpc) is 2.93. The fraction of sp³-hybridized carbons (Fsp3) is 0.0333. The number of methoxy groups -OCH3 is 1. The van der Waals surface area contributed by atoms with Gasteiger partial charge in [-0.05, 0) is 47.5 Å². The molecule has 0 radical (unpaired) electrons. The molecule has 0 aliphatic heterocycles. The first kappa shape index (κ1) is 25.7. The van der Waals surface area contributed by atoms with E-state index in [0.717, 1.165) is 50.7 Å². The van der Waals surface area contributed by atoms with Crippen molar-refractivity contribution in [2.75, 3.05) is 7.11 Å². The summed E-state index contributed by atoms with van der Waals surface area (Å²) in [5.74, 6) is 2.51. The molecule has 1 heterocycles. The molecule has 0 atom stereocenters. The van der Waals surface area contributed by atoms with Crippen LogP contribution in [-0.2, 0) is 0 Å². The monoisotopic (exact) mass is 502 g/mol. The van der Waals surface area contributed by atoms with Crippen molar-refractivity contribution < 1.29 is 26.4 Å². The Balaban J connectivity index is 0.000000586. The number of benzene rings is 4. The highest BCUT2D eigenvalue weighted by Crippen LogP contribution is 2.43. The Morgan fingerprint density at radius 2 is 1.03 bits per heavy atom. The van der Waals surface area contributed by atoms with Crippen LogP contribution >= 0.6 is 0 Å². The van der Waals surface area contributed by atoms with E-state index in [0.29, 0.717) is 0 Å². The van der Waals surface area contributed by atoms with E-state index in [1.165, 1.54) is 0 Å². The van der Waals surface area contributed by atoms with Crippen LogP contribution in [0.25, 0.3) is 44.9 Å². The topological polar surface area (TPSA) is 20.5 Å². The molecule has 0 spiro atoms. The lowest BCUT2D eigenvalue weighted by atomic mass is 9.91. The fourth-order valence-corrected chi connectivity index (χ4v) is 3.94. The molecule has 0 aliphatic rings. The summed E-state index contributed by atoms with van der Waals surface area (Å²) in [7, 11) is -4.31. The second kappa shape index (κ2) is 11.6. The van der Waals surface area contributed by atoms with Crippen molar-refractivity contribution in [3.8, 4) is 50.7 Å². The maximum absolute atomic E-state index is 9.75. The smallest absolute Gasteiger partial charge is 0.497 e. The number of ether oxygens (including phenoxy) is 1. The lowest BCUT2D eigenvalue weighted by Gasteiger charge is -2.11. The van der Waals surface area contributed by atoms with Crippen LogP contribution in [0.15, 0.2) is 126 Å². The van der Waals surface area contributed by atoms with E-state index >= 15 is 0 Å². The molecule has 0 N–H and O–H groups in total. The first-order valence-corrected chi connectivity index (χ1v) is 11.5. The molecular formula is C30H23BF4O2.